The van der Waals surface area contributed by atoms with Crippen molar-refractivity contribution in [3.8, 4) is 0 Å². The lowest BCUT2D eigenvalue weighted by Crippen LogP contribution is -2.58. The van der Waals surface area contributed by atoms with Gasteiger partial charge >= 0.3 is 5.97 Å². The molecular formula is C16H30N2O2. The highest BCUT2D eigenvalue weighted by molar-refractivity contribution is 5.79. The van der Waals surface area contributed by atoms with Crippen LogP contribution < -0.4 is 5.32 Å². The molecule has 0 amide bonds. The zero-order valence-electron chi connectivity index (χ0n) is 13.0. The van der Waals surface area contributed by atoms with Crippen molar-refractivity contribution in [2.45, 2.75) is 82.3 Å². The predicted octanol–water partition coefficient (Wildman–Crippen LogP) is 2.63. The van der Waals surface area contributed by atoms with Crippen LogP contribution in [0, 0.1) is 0 Å². The fourth-order valence-corrected chi connectivity index (χ4v) is 4.00. The summed E-state index contributed by atoms with van der Waals surface area (Å²) < 4.78 is 0. The first-order valence-corrected chi connectivity index (χ1v) is 8.29. The smallest absolute Gasteiger partial charge is 0.323 e. The lowest BCUT2D eigenvalue weighted by atomic mass is 9.78. The Morgan fingerprint density at radius 3 is 2.50 bits per heavy atom. The van der Waals surface area contributed by atoms with E-state index in [1.165, 1.54) is 25.7 Å². The molecule has 2 saturated carbocycles. The average molecular weight is 282 g/mol. The Morgan fingerprint density at radius 2 is 1.90 bits per heavy atom. The Bertz CT molecular complexity index is 328. The average Bonchev–Trinajstić information content (AvgIpc) is 2.98. The van der Waals surface area contributed by atoms with E-state index in [-0.39, 0.29) is 0 Å². The van der Waals surface area contributed by atoms with Crippen molar-refractivity contribution in [2.24, 2.45) is 0 Å². The first kappa shape index (κ1) is 15.8. The van der Waals surface area contributed by atoms with Crippen molar-refractivity contribution in [3.63, 3.8) is 0 Å². The lowest BCUT2D eigenvalue weighted by Gasteiger charge is -2.43. The van der Waals surface area contributed by atoms with E-state index in [9.17, 15) is 9.90 Å². The van der Waals surface area contributed by atoms with E-state index in [0.29, 0.717) is 12.1 Å². The van der Waals surface area contributed by atoms with Crippen molar-refractivity contribution >= 4 is 5.97 Å². The minimum Gasteiger partial charge on any atom is -0.480 e. The van der Waals surface area contributed by atoms with Crippen LogP contribution in [-0.4, -0.2) is 47.2 Å². The Balaban J connectivity index is 2.02. The molecule has 2 fully saturated rings. The van der Waals surface area contributed by atoms with Crippen LogP contribution in [0.25, 0.3) is 0 Å². The van der Waals surface area contributed by atoms with E-state index >= 15 is 0 Å². The maximum atomic E-state index is 11.8. The Labute approximate surface area is 122 Å². The number of aliphatic carboxylic acids is 1. The SMILES string of the molecule is CCCNC1(C(=O)O)CCCC(N(C)C2CCCC2)C1. The van der Waals surface area contributed by atoms with Crippen molar-refractivity contribution in [1.29, 1.82) is 0 Å². The Kier molecular flexibility index (Phi) is 5.44. The number of nitrogens with zero attached hydrogens (tertiary/aromatic N) is 1. The standard InChI is InChI=1S/C16H30N2O2/c1-3-11-17-16(15(19)20)10-6-9-14(12-16)18(2)13-7-4-5-8-13/h13-14,17H,3-12H2,1-2H3,(H,19,20). The van der Waals surface area contributed by atoms with E-state index in [4.69, 9.17) is 0 Å². The topological polar surface area (TPSA) is 52.6 Å². The van der Waals surface area contributed by atoms with Gasteiger partial charge in [-0.05, 0) is 58.5 Å². The van der Waals surface area contributed by atoms with Crippen LogP contribution in [0.1, 0.15) is 64.7 Å². The van der Waals surface area contributed by atoms with Gasteiger partial charge in [0.05, 0.1) is 0 Å². The van der Waals surface area contributed by atoms with Crippen LogP contribution in [0.5, 0.6) is 0 Å². The molecule has 4 nitrogen and oxygen atoms in total. The number of hydrogen-bond acceptors (Lipinski definition) is 3. The summed E-state index contributed by atoms with van der Waals surface area (Å²) in [6, 6.07) is 1.10. The number of carboxylic acid groups (broad SMARTS) is 1. The van der Waals surface area contributed by atoms with E-state index in [2.05, 4.69) is 24.2 Å². The summed E-state index contributed by atoms with van der Waals surface area (Å²) >= 11 is 0. The van der Waals surface area contributed by atoms with Crippen LogP contribution >= 0.6 is 0 Å². The number of rotatable bonds is 6. The Morgan fingerprint density at radius 1 is 1.25 bits per heavy atom. The number of nitrogens with one attached hydrogen (secondary N) is 1. The first-order chi connectivity index (χ1) is 9.59. The molecule has 2 aliphatic carbocycles. The zero-order valence-corrected chi connectivity index (χ0v) is 13.0. The molecular weight excluding hydrogens is 252 g/mol. The van der Waals surface area contributed by atoms with Gasteiger partial charge in [-0.3, -0.25) is 4.79 Å². The van der Waals surface area contributed by atoms with Gasteiger partial charge in [-0.15, -0.1) is 0 Å². The molecule has 0 heterocycles. The lowest BCUT2D eigenvalue weighted by molar-refractivity contribution is -0.147. The fraction of sp³-hybridized carbons (Fsp3) is 0.938. The summed E-state index contributed by atoms with van der Waals surface area (Å²) in [4.78, 5) is 14.3. The monoisotopic (exact) mass is 282 g/mol. The number of carboxylic acids is 1. The van der Waals surface area contributed by atoms with Crippen molar-refractivity contribution in [3.05, 3.63) is 0 Å². The third kappa shape index (κ3) is 3.34. The van der Waals surface area contributed by atoms with Gasteiger partial charge < -0.3 is 15.3 Å². The molecule has 4 heteroatoms. The minimum absolute atomic E-state index is 0.423. The van der Waals surface area contributed by atoms with Crippen molar-refractivity contribution in [2.75, 3.05) is 13.6 Å². The molecule has 0 radical (unpaired) electrons. The van der Waals surface area contributed by atoms with Crippen LogP contribution in [0.15, 0.2) is 0 Å². The fourth-order valence-electron chi connectivity index (χ4n) is 4.00. The van der Waals surface area contributed by atoms with Gasteiger partial charge in [0.15, 0.2) is 0 Å². The maximum Gasteiger partial charge on any atom is 0.323 e. The highest BCUT2D eigenvalue weighted by Gasteiger charge is 2.44. The molecule has 0 aromatic heterocycles. The van der Waals surface area contributed by atoms with Gasteiger partial charge in [0, 0.05) is 12.1 Å². The summed E-state index contributed by atoms with van der Waals surface area (Å²) in [5.74, 6) is -0.657. The summed E-state index contributed by atoms with van der Waals surface area (Å²) in [6.07, 6.45) is 9.93. The molecule has 2 N–H and O–H groups in total. The van der Waals surface area contributed by atoms with Gasteiger partial charge in [-0.25, -0.2) is 0 Å². The van der Waals surface area contributed by atoms with Crippen LogP contribution in [0.3, 0.4) is 0 Å². The number of carbonyl (C=O) groups is 1. The molecule has 0 aromatic rings. The van der Waals surface area contributed by atoms with Gasteiger partial charge in [-0.2, -0.15) is 0 Å². The summed E-state index contributed by atoms with van der Waals surface area (Å²) in [5, 5.41) is 13.0. The first-order valence-electron chi connectivity index (χ1n) is 8.29. The molecule has 116 valence electrons. The Hall–Kier alpha value is -0.610. The highest BCUT2D eigenvalue weighted by atomic mass is 16.4. The zero-order chi connectivity index (χ0) is 14.6. The molecule has 2 rings (SSSR count). The second-order valence-corrected chi connectivity index (χ2v) is 6.67. The van der Waals surface area contributed by atoms with Gasteiger partial charge in [0.2, 0.25) is 0 Å². The van der Waals surface area contributed by atoms with E-state index < -0.39 is 11.5 Å². The largest absolute Gasteiger partial charge is 0.480 e. The second kappa shape index (κ2) is 6.90. The maximum absolute atomic E-state index is 11.8. The van der Waals surface area contributed by atoms with E-state index in [0.717, 1.165) is 38.6 Å². The van der Waals surface area contributed by atoms with Crippen LogP contribution in [0.4, 0.5) is 0 Å². The third-order valence-corrected chi connectivity index (χ3v) is 5.32. The minimum atomic E-state index is -0.689. The van der Waals surface area contributed by atoms with Gasteiger partial charge in [-0.1, -0.05) is 19.8 Å². The van der Waals surface area contributed by atoms with Crippen molar-refractivity contribution in [1.82, 2.24) is 10.2 Å². The van der Waals surface area contributed by atoms with E-state index in [1.807, 2.05) is 0 Å². The third-order valence-electron chi connectivity index (χ3n) is 5.32. The van der Waals surface area contributed by atoms with E-state index in [1.54, 1.807) is 0 Å². The second-order valence-electron chi connectivity index (χ2n) is 6.67. The van der Waals surface area contributed by atoms with Crippen LogP contribution in [-0.2, 0) is 4.79 Å². The molecule has 0 aliphatic heterocycles. The molecule has 20 heavy (non-hydrogen) atoms. The molecule has 0 spiro atoms. The molecule has 2 aliphatic rings. The molecule has 0 saturated heterocycles. The van der Waals surface area contributed by atoms with Crippen molar-refractivity contribution < 1.29 is 9.90 Å². The predicted molar refractivity (Wildman–Crippen MR) is 80.9 cm³/mol. The van der Waals surface area contributed by atoms with Gasteiger partial charge in [0.1, 0.15) is 5.54 Å². The quantitative estimate of drug-likeness (QED) is 0.786. The molecule has 0 bridgehead atoms. The molecule has 2 unspecified atom stereocenters. The normalized spacial score (nSPS) is 31.9. The molecule has 2 atom stereocenters. The molecule has 0 aromatic carbocycles. The van der Waals surface area contributed by atoms with Gasteiger partial charge in [0.25, 0.3) is 0 Å². The summed E-state index contributed by atoms with van der Waals surface area (Å²) in [6.45, 7) is 2.89. The summed E-state index contributed by atoms with van der Waals surface area (Å²) in [5.41, 5.74) is -0.689. The number of hydrogen-bond donors (Lipinski definition) is 2. The highest BCUT2D eigenvalue weighted by Crippen LogP contribution is 2.34. The van der Waals surface area contributed by atoms with Crippen LogP contribution in [0.2, 0.25) is 0 Å². The summed E-state index contributed by atoms with van der Waals surface area (Å²) in [7, 11) is 2.21.